The van der Waals surface area contributed by atoms with Gasteiger partial charge in [-0.2, -0.15) is 0 Å². The van der Waals surface area contributed by atoms with Gasteiger partial charge in [0.15, 0.2) is 0 Å². The number of dihydropyridines is 1. The van der Waals surface area contributed by atoms with E-state index in [0.29, 0.717) is 17.8 Å². The Morgan fingerprint density at radius 3 is 2.80 bits per heavy atom. The lowest BCUT2D eigenvalue weighted by Gasteiger charge is -2.27. The summed E-state index contributed by atoms with van der Waals surface area (Å²) in [5, 5.41) is 13.6. The van der Waals surface area contributed by atoms with Gasteiger partial charge in [-0.3, -0.25) is 15.3 Å². The zero-order chi connectivity index (χ0) is 15.3. The number of aliphatic hydroxyl groups excluding tert-OH is 1. The highest BCUT2D eigenvalue weighted by Crippen LogP contribution is 2.16. The maximum Gasteiger partial charge on any atom is 0.135 e. The van der Waals surface area contributed by atoms with Crippen molar-refractivity contribution in [3.63, 3.8) is 0 Å². The molecule has 1 heterocycles. The molecule has 0 amide bonds. The second-order valence-electron chi connectivity index (χ2n) is 5.04. The second kappa shape index (κ2) is 7.57. The van der Waals surface area contributed by atoms with E-state index >= 15 is 0 Å². The van der Waals surface area contributed by atoms with Gasteiger partial charge in [0.05, 0.1) is 5.57 Å². The minimum atomic E-state index is -0.953. The number of nitrogens with zero attached hydrogens (tertiary/aromatic N) is 2. The van der Waals surface area contributed by atoms with Gasteiger partial charge in [-0.05, 0) is 26.3 Å². The van der Waals surface area contributed by atoms with Gasteiger partial charge in [0, 0.05) is 37.5 Å². The van der Waals surface area contributed by atoms with Gasteiger partial charge in [0.1, 0.15) is 11.4 Å². The highest BCUT2D eigenvalue weighted by atomic mass is 35.5. The molecule has 20 heavy (non-hydrogen) atoms. The van der Waals surface area contributed by atoms with Crippen molar-refractivity contribution >= 4 is 23.0 Å². The number of allylic oxidation sites excluding steroid dienone is 2. The quantitative estimate of drug-likeness (QED) is 0.530. The number of rotatable bonds is 5. The molecule has 112 valence electrons. The van der Waals surface area contributed by atoms with Gasteiger partial charge in [-0.15, -0.1) is 0 Å². The SMILES string of the molecule is CN=C(Cl)/C(=C(\C)N)C(O)NC(C)C1C=C(C)C=NC1. The Hall–Kier alpha value is -1.17. The first kappa shape index (κ1) is 16.9. The molecule has 0 saturated carbocycles. The summed E-state index contributed by atoms with van der Waals surface area (Å²) in [7, 11) is 1.56. The van der Waals surface area contributed by atoms with E-state index in [9.17, 15) is 5.11 Å². The van der Waals surface area contributed by atoms with Crippen molar-refractivity contribution in [2.45, 2.75) is 33.0 Å². The number of aliphatic hydroxyl groups is 1. The van der Waals surface area contributed by atoms with E-state index in [1.54, 1.807) is 14.0 Å². The summed E-state index contributed by atoms with van der Waals surface area (Å²) in [5.74, 6) is 0.228. The molecule has 3 unspecified atom stereocenters. The highest BCUT2D eigenvalue weighted by molar-refractivity contribution is 6.69. The van der Waals surface area contributed by atoms with Crippen LogP contribution in [0.5, 0.6) is 0 Å². The van der Waals surface area contributed by atoms with Crippen LogP contribution in [0.1, 0.15) is 20.8 Å². The maximum atomic E-state index is 10.3. The van der Waals surface area contributed by atoms with Crippen molar-refractivity contribution in [3.8, 4) is 0 Å². The third-order valence-corrected chi connectivity index (χ3v) is 3.64. The Labute approximate surface area is 125 Å². The van der Waals surface area contributed by atoms with Crippen molar-refractivity contribution in [1.82, 2.24) is 5.32 Å². The summed E-state index contributed by atoms with van der Waals surface area (Å²) >= 11 is 5.99. The van der Waals surface area contributed by atoms with Crippen molar-refractivity contribution in [1.29, 1.82) is 0 Å². The second-order valence-corrected chi connectivity index (χ2v) is 5.40. The predicted octanol–water partition coefficient (Wildman–Crippen LogP) is 1.43. The smallest absolute Gasteiger partial charge is 0.135 e. The molecular formula is C14H23ClN4O. The van der Waals surface area contributed by atoms with E-state index < -0.39 is 6.23 Å². The van der Waals surface area contributed by atoms with E-state index in [1.165, 1.54) is 0 Å². The zero-order valence-corrected chi connectivity index (χ0v) is 13.1. The van der Waals surface area contributed by atoms with Crippen LogP contribution in [0.3, 0.4) is 0 Å². The van der Waals surface area contributed by atoms with Crippen LogP contribution in [-0.4, -0.2) is 42.4 Å². The van der Waals surface area contributed by atoms with Crippen LogP contribution in [0.25, 0.3) is 0 Å². The third kappa shape index (κ3) is 4.44. The number of nitrogens with two attached hydrogens (primary N) is 1. The fourth-order valence-electron chi connectivity index (χ4n) is 2.12. The Morgan fingerprint density at radius 2 is 2.30 bits per heavy atom. The molecule has 5 nitrogen and oxygen atoms in total. The number of nitrogens with one attached hydrogen (secondary N) is 1. The van der Waals surface area contributed by atoms with Crippen LogP contribution >= 0.6 is 11.6 Å². The van der Waals surface area contributed by atoms with Gasteiger partial charge in [-0.25, -0.2) is 0 Å². The van der Waals surface area contributed by atoms with Crippen LogP contribution < -0.4 is 11.1 Å². The first-order valence-electron chi connectivity index (χ1n) is 6.58. The minimum absolute atomic E-state index is 0.0353. The van der Waals surface area contributed by atoms with Gasteiger partial charge >= 0.3 is 0 Å². The minimum Gasteiger partial charge on any atom is -0.402 e. The lowest BCUT2D eigenvalue weighted by molar-refractivity contribution is 0.155. The maximum absolute atomic E-state index is 10.3. The summed E-state index contributed by atoms with van der Waals surface area (Å²) < 4.78 is 0. The summed E-state index contributed by atoms with van der Waals surface area (Å²) in [6.07, 6.45) is 3.05. The molecule has 6 heteroatoms. The summed E-state index contributed by atoms with van der Waals surface area (Å²) in [4.78, 5) is 8.17. The van der Waals surface area contributed by atoms with Crippen molar-refractivity contribution < 1.29 is 5.11 Å². The molecule has 0 aromatic heterocycles. The average molecular weight is 299 g/mol. The van der Waals surface area contributed by atoms with Crippen LogP contribution in [0.15, 0.2) is 32.9 Å². The summed E-state index contributed by atoms with van der Waals surface area (Å²) in [6.45, 7) is 6.40. The lowest BCUT2D eigenvalue weighted by atomic mass is 9.96. The van der Waals surface area contributed by atoms with Crippen LogP contribution in [0.2, 0.25) is 0 Å². The third-order valence-electron chi connectivity index (χ3n) is 3.27. The monoisotopic (exact) mass is 298 g/mol. The van der Waals surface area contributed by atoms with Crippen molar-refractivity contribution in [3.05, 3.63) is 22.9 Å². The molecule has 4 N–H and O–H groups in total. The first-order chi connectivity index (χ1) is 9.36. The molecule has 0 bridgehead atoms. The van der Waals surface area contributed by atoms with Gasteiger partial charge in [-0.1, -0.05) is 17.7 Å². The van der Waals surface area contributed by atoms with Gasteiger partial charge in [0.2, 0.25) is 0 Å². The Kier molecular flexibility index (Phi) is 6.39. The normalized spacial score (nSPS) is 24.0. The molecule has 0 aromatic rings. The molecule has 0 aromatic carbocycles. The Morgan fingerprint density at radius 1 is 1.65 bits per heavy atom. The molecule has 1 rings (SSSR count). The number of aliphatic imine (C=N–C) groups is 2. The average Bonchev–Trinajstić information content (AvgIpc) is 2.38. The van der Waals surface area contributed by atoms with E-state index in [0.717, 1.165) is 5.57 Å². The fraction of sp³-hybridized carbons (Fsp3) is 0.571. The van der Waals surface area contributed by atoms with E-state index in [1.807, 2.05) is 20.1 Å². The molecule has 1 aliphatic rings. The van der Waals surface area contributed by atoms with Gasteiger partial charge in [0.25, 0.3) is 0 Å². The van der Waals surface area contributed by atoms with Gasteiger partial charge < -0.3 is 10.8 Å². The molecule has 3 atom stereocenters. The molecule has 0 fully saturated rings. The number of hydrogen-bond acceptors (Lipinski definition) is 5. The molecule has 1 aliphatic heterocycles. The number of hydrogen-bond donors (Lipinski definition) is 3. The lowest BCUT2D eigenvalue weighted by Crippen LogP contribution is -2.44. The Balaban J connectivity index is 2.77. The van der Waals surface area contributed by atoms with Crippen LogP contribution in [0, 0.1) is 5.92 Å². The predicted molar refractivity (Wildman–Crippen MR) is 85.3 cm³/mol. The molecule has 0 spiro atoms. The standard InChI is InChI=1S/C14H23ClN4O/c1-8-5-11(7-18-6-8)10(3)19-14(20)12(9(2)16)13(15)17-4/h5-6,10-11,14,19-20H,7,16H2,1-4H3/b12-9-,17-13?. The largest absolute Gasteiger partial charge is 0.402 e. The van der Waals surface area contributed by atoms with Crippen LogP contribution in [0.4, 0.5) is 0 Å². The molecular weight excluding hydrogens is 276 g/mol. The van der Waals surface area contributed by atoms with E-state index in [4.69, 9.17) is 17.3 Å². The fourth-order valence-corrected chi connectivity index (χ4v) is 2.37. The van der Waals surface area contributed by atoms with E-state index in [2.05, 4.69) is 21.4 Å². The first-order valence-corrected chi connectivity index (χ1v) is 6.95. The summed E-state index contributed by atoms with van der Waals surface area (Å²) in [5.41, 5.74) is 7.76. The summed E-state index contributed by atoms with van der Waals surface area (Å²) in [6, 6.07) is 0.0353. The van der Waals surface area contributed by atoms with Crippen molar-refractivity contribution in [2.75, 3.05) is 13.6 Å². The number of halogens is 1. The molecule has 0 saturated heterocycles. The Bertz CT molecular complexity index is 464. The zero-order valence-electron chi connectivity index (χ0n) is 12.4. The molecule has 0 aliphatic carbocycles. The van der Waals surface area contributed by atoms with E-state index in [-0.39, 0.29) is 17.1 Å². The van der Waals surface area contributed by atoms with Crippen molar-refractivity contribution in [2.24, 2.45) is 21.6 Å². The highest BCUT2D eigenvalue weighted by Gasteiger charge is 2.23. The topological polar surface area (TPSA) is 83.0 Å². The van der Waals surface area contributed by atoms with Crippen LogP contribution in [-0.2, 0) is 0 Å². The molecule has 0 radical (unpaired) electrons.